The van der Waals surface area contributed by atoms with Gasteiger partial charge in [-0.15, -0.1) is 0 Å². The SMILES string of the molecule is CN(C)c1ccc(C(O)(c2ccccc2)c2ccc(N(C)C)cc2)cc1. The van der Waals surface area contributed by atoms with E-state index in [1.54, 1.807) is 0 Å². The van der Waals surface area contributed by atoms with Crippen molar-refractivity contribution in [3.8, 4) is 0 Å². The van der Waals surface area contributed by atoms with E-state index < -0.39 is 5.60 Å². The van der Waals surface area contributed by atoms with Gasteiger partial charge in [0, 0.05) is 39.6 Å². The van der Waals surface area contributed by atoms with E-state index in [2.05, 4.69) is 9.80 Å². The van der Waals surface area contributed by atoms with E-state index in [9.17, 15) is 5.11 Å². The van der Waals surface area contributed by atoms with Crippen LogP contribution in [0.3, 0.4) is 0 Å². The van der Waals surface area contributed by atoms with Crippen LogP contribution in [0.15, 0.2) is 78.9 Å². The topological polar surface area (TPSA) is 26.7 Å². The summed E-state index contributed by atoms with van der Waals surface area (Å²) >= 11 is 0. The second kappa shape index (κ2) is 7.22. The molecule has 0 fully saturated rings. The Kier molecular flexibility index (Phi) is 5.01. The third-order valence-corrected chi connectivity index (χ3v) is 4.79. The number of anilines is 2. The number of hydrogen-bond acceptors (Lipinski definition) is 3. The van der Waals surface area contributed by atoms with Crippen molar-refractivity contribution < 1.29 is 5.11 Å². The Balaban J connectivity index is 2.14. The summed E-state index contributed by atoms with van der Waals surface area (Å²) < 4.78 is 0. The normalized spacial score (nSPS) is 11.3. The molecule has 0 aromatic heterocycles. The lowest BCUT2D eigenvalue weighted by atomic mass is 9.80. The molecule has 3 nitrogen and oxygen atoms in total. The lowest BCUT2D eigenvalue weighted by Crippen LogP contribution is -2.29. The van der Waals surface area contributed by atoms with E-state index in [1.165, 1.54) is 0 Å². The Morgan fingerprint density at radius 2 is 0.885 bits per heavy atom. The number of hydrogen-bond donors (Lipinski definition) is 1. The molecule has 3 heteroatoms. The van der Waals surface area contributed by atoms with Gasteiger partial charge in [-0.2, -0.15) is 0 Å². The molecule has 0 aliphatic rings. The zero-order chi connectivity index (χ0) is 18.7. The maximum Gasteiger partial charge on any atom is 0.140 e. The molecule has 134 valence electrons. The third-order valence-electron chi connectivity index (χ3n) is 4.79. The van der Waals surface area contributed by atoms with Crippen LogP contribution in [0, 0.1) is 0 Å². The maximum absolute atomic E-state index is 11.9. The van der Waals surface area contributed by atoms with Crippen molar-refractivity contribution in [1.29, 1.82) is 0 Å². The first-order valence-electron chi connectivity index (χ1n) is 8.76. The van der Waals surface area contributed by atoms with Crippen molar-refractivity contribution in [2.75, 3.05) is 38.0 Å². The fraction of sp³-hybridized carbons (Fsp3) is 0.217. The third kappa shape index (κ3) is 3.31. The molecular weight excluding hydrogens is 320 g/mol. The Hall–Kier alpha value is -2.78. The summed E-state index contributed by atoms with van der Waals surface area (Å²) in [6.07, 6.45) is 0. The van der Waals surface area contributed by atoms with Crippen molar-refractivity contribution in [1.82, 2.24) is 0 Å². The van der Waals surface area contributed by atoms with Crippen LogP contribution in [-0.4, -0.2) is 33.3 Å². The minimum Gasteiger partial charge on any atom is -0.378 e. The van der Waals surface area contributed by atoms with Gasteiger partial charge in [0.05, 0.1) is 0 Å². The lowest BCUT2D eigenvalue weighted by molar-refractivity contribution is 0.126. The van der Waals surface area contributed by atoms with Gasteiger partial charge in [-0.3, -0.25) is 0 Å². The van der Waals surface area contributed by atoms with Crippen molar-refractivity contribution in [3.05, 3.63) is 95.6 Å². The fourth-order valence-electron chi connectivity index (χ4n) is 3.18. The standard InChI is InChI=1S/C23H26N2O/c1-24(2)21-14-10-19(11-15-21)23(26,18-8-6-5-7-9-18)20-12-16-22(17-13-20)25(3)4/h5-17,26H,1-4H3. The molecule has 0 saturated carbocycles. The van der Waals surface area contributed by atoms with Gasteiger partial charge in [-0.1, -0.05) is 54.6 Å². The predicted octanol–water partition coefficient (Wildman–Crippen LogP) is 4.10. The van der Waals surface area contributed by atoms with Gasteiger partial charge in [-0.25, -0.2) is 0 Å². The Bertz CT molecular complexity index is 786. The van der Waals surface area contributed by atoms with Crippen LogP contribution < -0.4 is 9.80 Å². The molecule has 0 aliphatic carbocycles. The number of benzene rings is 3. The maximum atomic E-state index is 11.9. The highest BCUT2D eigenvalue weighted by atomic mass is 16.3. The summed E-state index contributed by atoms with van der Waals surface area (Å²) in [7, 11) is 8.05. The second-order valence-electron chi connectivity index (χ2n) is 6.96. The van der Waals surface area contributed by atoms with Gasteiger partial charge in [0.2, 0.25) is 0 Å². The molecule has 0 heterocycles. The highest BCUT2D eigenvalue weighted by Crippen LogP contribution is 2.37. The second-order valence-corrected chi connectivity index (χ2v) is 6.96. The van der Waals surface area contributed by atoms with E-state index in [-0.39, 0.29) is 0 Å². The van der Waals surface area contributed by atoms with E-state index in [4.69, 9.17) is 0 Å². The molecule has 0 atom stereocenters. The van der Waals surface area contributed by atoms with Crippen molar-refractivity contribution in [2.45, 2.75) is 5.60 Å². The van der Waals surface area contributed by atoms with E-state index in [0.717, 1.165) is 28.1 Å². The van der Waals surface area contributed by atoms with Crippen LogP contribution in [0.2, 0.25) is 0 Å². The van der Waals surface area contributed by atoms with Crippen molar-refractivity contribution >= 4 is 11.4 Å². The summed E-state index contributed by atoms with van der Waals surface area (Å²) in [4.78, 5) is 4.11. The minimum absolute atomic E-state index is 0.854. The average Bonchev–Trinajstić information content (AvgIpc) is 2.68. The molecule has 0 bridgehead atoms. The molecule has 3 aromatic rings. The molecule has 0 aliphatic heterocycles. The Morgan fingerprint density at radius 1 is 0.538 bits per heavy atom. The van der Waals surface area contributed by atoms with Crippen LogP contribution in [0.5, 0.6) is 0 Å². The van der Waals surface area contributed by atoms with Crippen molar-refractivity contribution in [3.63, 3.8) is 0 Å². The molecule has 0 radical (unpaired) electrons. The van der Waals surface area contributed by atoms with Gasteiger partial charge < -0.3 is 14.9 Å². The lowest BCUT2D eigenvalue weighted by Gasteiger charge is -2.31. The van der Waals surface area contributed by atoms with E-state index in [0.29, 0.717) is 0 Å². The average molecular weight is 346 g/mol. The van der Waals surface area contributed by atoms with Crippen LogP contribution in [0.25, 0.3) is 0 Å². The van der Waals surface area contributed by atoms with Crippen LogP contribution in [0.1, 0.15) is 16.7 Å². The smallest absolute Gasteiger partial charge is 0.140 e. The monoisotopic (exact) mass is 346 g/mol. The van der Waals surface area contributed by atoms with Gasteiger partial charge >= 0.3 is 0 Å². The van der Waals surface area contributed by atoms with Gasteiger partial charge in [0.15, 0.2) is 0 Å². The van der Waals surface area contributed by atoms with Crippen LogP contribution in [-0.2, 0) is 5.60 Å². The zero-order valence-electron chi connectivity index (χ0n) is 15.8. The molecule has 1 N–H and O–H groups in total. The summed E-state index contributed by atoms with van der Waals surface area (Å²) in [6.45, 7) is 0. The Morgan fingerprint density at radius 3 is 1.23 bits per heavy atom. The summed E-state index contributed by atoms with van der Waals surface area (Å²) in [5, 5.41) is 11.9. The first-order valence-corrected chi connectivity index (χ1v) is 8.76. The fourth-order valence-corrected chi connectivity index (χ4v) is 3.18. The quantitative estimate of drug-likeness (QED) is 0.705. The number of aliphatic hydroxyl groups is 1. The number of nitrogens with zero attached hydrogens (tertiary/aromatic N) is 2. The zero-order valence-corrected chi connectivity index (χ0v) is 15.8. The number of rotatable bonds is 5. The van der Waals surface area contributed by atoms with Crippen LogP contribution >= 0.6 is 0 Å². The molecule has 0 amide bonds. The highest BCUT2D eigenvalue weighted by Gasteiger charge is 2.33. The first kappa shape index (κ1) is 18.0. The van der Waals surface area contributed by atoms with Gasteiger partial charge in [-0.05, 0) is 41.0 Å². The first-order chi connectivity index (χ1) is 12.4. The molecular formula is C23H26N2O. The molecule has 3 rings (SSSR count). The highest BCUT2D eigenvalue weighted by molar-refractivity contribution is 5.55. The predicted molar refractivity (Wildman–Crippen MR) is 110 cm³/mol. The molecule has 0 saturated heterocycles. The van der Waals surface area contributed by atoms with Gasteiger partial charge in [0.1, 0.15) is 5.60 Å². The molecule has 0 spiro atoms. The summed E-state index contributed by atoms with van der Waals surface area (Å²) in [6, 6.07) is 26.0. The molecule has 3 aromatic carbocycles. The molecule has 0 unspecified atom stereocenters. The molecule has 26 heavy (non-hydrogen) atoms. The van der Waals surface area contributed by atoms with Crippen LogP contribution in [0.4, 0.5) is 11.4 Å². The van der Waals surface area contributed by atoms with Gasteiger partial charge in [0.25, 0.3) is 0 Å². The largest absolute Gasteiger partial charge is 0.378 e. The van der Waals surface area contributed by atoms with Crippen molar-refractivity contribution in [2.24, 2.45) is 0 Å². The summed E-state index contributed by atoms with van der Waals surface area (Å²) in [5.41, 5.74) is 3.57. The minimum atomic E-state index is -1.20. The summed E-state index contributed by atoms with van der Waals surface area (Å²) in [5.74, 6) is 0. The van der Waals surface area contributed by atoms with E-state index >= 15 is 0 Å². The Labute approximate surface area is 156 Å². The van der Waals surface area contributed by atoms with E-state index in [1.807, 2.05) is 107 Å².